The van der Waals surface area contributed by atoms with E-state index in [0.717, 1.165) is 12.8 Å². The Bertz CT molecular complexity index is 294. The van der Waals surface area contributed by atoms with Crippen LogP contribution in [0, 0.1) is 12.3 Å². The monoisotopic (exact) mass is 194 g/mol. The van der Waals surface area contributed by atoms with Crippen molar-refractivity contribution < 1.29 is 4.42 Å². The lowest BCUT2D eigenvalue weighted by Crippen LogP contribution is -2.13. The Labute approximate surface area is 87.5 Å². The van der Waals surface area contributed by atoms with Gasteiger partial charge in [-0.15, -0.1) is 0 Å². The maximum absolute atomic E-state index is 5.62. The Morgan fingerprint density at radius 3 is 2.43 bits per heavy atom. The normalized spacial score (nSPS) is 12.1. The molecule has 1 nitrogen and oxygen atoms in total. The maximum Gasteiger partial charge on any atom is 0.107 e. The number of furan rings is 1. The zero-order valence-corrected chi connectivity index (χ0v) is 10.1. The molecular formula is C13H22O. The van der Waals surface area contributed by atoms with Crippen molar-refractivity contribution >= 4 is 0 Å². The van der Waals surface area contributed by atoms with Crippen molar-refractivity contribution in [2.75, 3.05) is 0 Å². The zero-order valence-electron chi connectivity index (χ0n) is 10.1. The molecular weight excluding hydrogens is 172 g/mol. The molecule has 14 heavy (non-hydrogen) atoms. The van der Waals surface area contributed by atoms with Crippen LogP contribution in [-0.4, -0.2) is 0 Å². The third-order valence-corrected chi connectivity index (χ3v) is 3.14. The third-order valence-electron chi connectivity index (χ3n) is 3.14. The highest BCUT2D eigenvalue weighted by Crippen LogP contribution is 2.29. The Morgan fingerprint density at radius 1 is 1.29 bits per heavy atom. The molecule has 0 bridgehead atoms. The molecule has 0 aliphatic heterocycles. The molecule has 1 heterocycles. The predicted octanol–water partition coefficient (Wildman–Crippen LogP) is 4.13. The average Bonchev–Trinajstić information content (AvgIpc) is 2.46. The molecule has 1 aromatic rings. The summed E-state index contributed by atoms with van der Waals surface area (Å²) in [5, 5.41) is 0. The lowest BCUT2D eigenvalue weighted by Gasteiger charge is -2.21. The summed E-state index contributed by atoms with van der Waals surface area (Å²) in [7, 11) is 0. The Hall–Kier alpha value is -0.720. The highest BCUT2D eigenvalue weighted by atomic mass is 16.3. The number of aryl methyl sites for hydroxylation is 1. The Balaban J connectivity index is 2.86. The van der Waals surface area contributed by atoms with Crippen LogP contribution in [0.15, 0.2) is 10.7 Å². The summed E-state index contributed by atoms with van der Waals surface area (Å²) < 4.78 is 5.62. The van der Waals surface area contributed by atoms with Gasteiger partial charge in [0, 0.05) is 6.42 Å². The van der Waals surface area contributed by atoms with Gasteiger partial charge in [-0.05, 0) is 29.9 Å². The van der Waals surface area contributed by atoms with Gasteiger partial charge in [-0.3, -0.25) is 0 Å². The molecule has 0 amide bonds. The Kier molecular flexibility index (Phi) is 3.41. The van der Waals surface area contributed by atoms with Crippen LogP contribution in [0.3, 0.4) is 0 Å². The van der Waals surface area contributed by atoms with Crippen LogP contribution in [-0.2, 0) is 12.8 Å². The molecule has 0 aliphatic rings. The molecule has 0 atom stereocenters. The summed E-state index contributed by atoms with van der Waals surface area (Å²) >= 11 is 0. The first-order valence-electron chi connectivity index (χ1n) is 5.56. The minimum absolute atomic E-state index is 0.355. The first kappa shape index (κ1) is 11.4. The molecule has 0 N–H and O–H groups in total. The first-order valence-corrected chi connectivity index (χ1v) is 5.56. The number of hydrogen-bond donors (Lipinski definition) is 0. The molecule has 0 unspecified atom stereocenters. The van der Waals surface area contributed by atoms with E-state index in [1.54, 1.807) is 0 Å². The van der Waals surface area contributed by atoms with Gasteiger partial charge in [-0.25, -0.2) is 0 Å². The van der Waals surface area contributed by atoms with Gasteiger partial charge in [0.05, 0.1) is 6.26 Å². The molecule has 0 saturated carbocycles. The van der Waals surface area contributed by atoms with Gasteiger partial charge in [-0.2, -0.15) is 0 Å². The van der Waals surface area contributed by atoms with Crippen LogP contribution in [0.5, 0.6) is 0 Å². The van der Waals surface area contributed by atoms with Gasteiger partial charge in [-0.1, -0.05) is 34.1 Å². The highest BCUT2D eigenvalue weighted by Gasteiger charge is 2.20. The summed E-state index contributed by atoms with van der Waals surface area (Å²) in [5.41, 5.74) is 3.06. The van der Waals surface area contributed by atoms with Crippen molar-refractivity contribution in [1.29, 1.82) is 0 Å². The number of hydrogen-bond acceptors (Lipinski definition) is 1. The standard InChI is InChI=1S/C13H22O/c1-6-11-10(3)9-14-12(11)8-13(4,5)7-2/h9H,6-8H2,1-5H3. The zero-order chi connectivity index (χ0) is 10.8. The van der Waals surface area contributed by atoms with E-state index in [4.69, 9.17) is 4.42 Å². The van der Waals surface area contributed by atoms with Gasteiger partial charge in [0.2, 0.25) is 0 Å². The van der Waals surface area contributed by atoms with E-state index in [-0.39, 0.29) is 0 Å². The molecule has 0 fully saturated rings. The van der Waals surface area contributed by atoms with E-state index in [2.05, 4.69) is 34.6 Å². The van der Waals surface area contributed by atoms with Gasteiger partial charge in [0.15, 0.2) is 0 Å². The van der Waals surface area contributed by atoms with E-state index < -0.39 is 0 Å². The largest absolute Gasteiger partial charge is 0.469 e. The fraction of sp³-hybridized carbons (Fsp3) is 0.692. The lowest BCUT2D eigenvalue weighted by molar-refractivity contribution is 0.315. The summed E-state index contributed by atoms with van der Waals surface area (Å²) in [4.78, 5) is 0. The molecule has 1 rings (SSSR count). The highest BCUT2D eigenvalue weighted by molar-refractivity contribution is 5.27. The molecule has 1 aromatic heterocycles. The van der Waals surface area contributed by atoms with Crippen molar-refractivity contribution in [2.24, 2.45) is 5.41 Å². The van der Waals surface area contributed by atoms with Crippen molar-refractivity contribution in [3.05, 3.63) is 23.2 Å². The van der Waals surface area contributed by atoms with Gasteiger partial charge >= 0.3 is 0 Å². The Morgan fingerprint density at radius 2 is 1.93 bits per heavy atom. The topological polar surface area (TPSA) is 13.1 Å². The molecule has 0 spiro atoms. The van der Waals surface area contributed by atoms with Crippen molar-refractivity contribution in [2.45, 2.75) is 53.9 Å². The summed E-state index contributed by atoms with van der Waals surface area (Å²) in [5.74, 6) is 1.19. The average molecular weight is 194 g/mol. The van der Waals surface area contributed by atoms with Crippen molar-refractivity contribution in [3.8, 4) is 0 Å². The van der Waals surface area contributed by atoms with Crippen LogP contribution < -0.4 is 0 Å². The van der Waals surface area contributed by atoms with Crippen molar-refractivity contribution in [3.63, 3.8) is 0 Å². The molecule has 0 radical (unpaired) electrons. The fourth-order valence-electron chi connectivity index (χ4n) is 1.71. The smallest absolute Gasteiger partial charge is 0.107 e. The number of rotatable bonds is 4. The van der Waals surface area contributed by atoms with E-state index in [9.17, 15) is 0 Å². The summed E-state index contributed by atoms with van der Waals surface area (Å²) in [6.45, 7) is 11.2. The third kappa shape index (κ3) is 2.40. The second-order valence-corrected chi connectivity index (χ2v) is 4.87. The quantitative estimate of drug-likeness (QED) is 0.702. The van der Waals surface area contributed by atoms with Crippen LogP contribution in [0.1, 0.15) is 51.0 Å². The van der Waals surface area contributed by atoms with E-state index >= 15 is 0 Å². The molecule has 80 valence electrons. The van der Waals surface area contributed by atoms with Crippen LogP contribution >= 0.6 is 0 Å². The van der Waals surface area contributed by atoms with Crippen LogP contribution in [0.4, 0.5) is 0 Å². The van der Waals surface area contributed by atoms with Crippen molar-refractivity contribution in [1.82, 2.24) is 0 Å². The molecule has 0 aliphatic carbocycles. The van der Waals surface area contributed by atoms with E-state index in [0.29, 0.717) is 5.41 Å². The minimum atomic E-state index is 0.355. The summed E-state index contributed by atoms with van der Waals surface area (Å²) in [6, 6.07) is 0. The second-order valence-electron chi connectivity index (χ2n) is 4.87. The van der Waals surface area contributed by atoms with Crippen LogP contribution in [0.2, 0.25) is 0 Å². The lowest BCUT2D eigenvalue weighted by atomic mass is 9.84. The predicted molar refractivity (Wildman–Crippen MR) is 60.6 cm³/mol. The van der Waals surface area contributed by atoms with Crippen LogP contribution in [0.25, 0.3) is 0 Å². The van der Waals surface area contributed by atoms with Gasteiger partial charge in [0.1, 0.15) is 5.76 Å². The minimum Gasteiger partial charge on any atom is -0.469 e. The fourth-order valence-corrected chi connectivity index (χ4v) is 1.71. The molecule has 0 aromatic carbocycles. The first-order chi connectivity index (χ1) is 6.50. The summed E-state index contributed by atoms with van der Waals surface area (Å²) in [6.07, 6.45) is 5.22. The SMILES string of the molecule is CCc1c(C)coc1CC(C)(C)CC. The van der Waals surface area contributed by atoms with Gasteiger partial charge in [0.25, 0.3) is 0 Å². The molecule has 1 heteroatoms. The van der Waals surface area contributed by atoms with E-state index in [1.807, 2.05) is 6.26 Å². The maximum atomic E-state index is 5.62. The van der Waals surface area contributed by atoms with Gasteiger partial charge < -0.3 is 4.42 Å². The van der Waals surface area contributed by atoms with E-state index in [1.165, 1.54) is 23.3 Å². The second kappa shape index (κ2) is 4.20. The molecule has 0 saturated heterocycles.